The van der Waals surface area contributed by atoms with E-state index in [4.69, 9.17) is 25.8 Å². The van der Waals surface area contributed by atoms with Gasteiger partial charge >= 0.3 is 0 Å². The number of piperidine rings is 1. The SMILES string of the molecule is COCCOCCOCCN[C@@H](CN1CCC(C2CCC(Cl)CC2)C(C)(C)C1)C(C)C. The molecule has 1 unspecified atom stereocenters. The van der Waals surface area contributed by atoms with Crippen molar-refractivity contribution in [2.24, 2.45) is 23.2 Å². The molecule has 0 aromatic heterocycles. The molecule has 184 valence electrons. The van der Waals surface area contributed by atoms with Gasteiger partial charge in [-0.1, -0.05) is 27.7 Å². The standard InChI is InChI=1S/C25H49ClN2O3/c1-20(2)24(27-11-13-30-16-17-31-15-14-29-5)18-28-12-10-23(25(3,4)19-28)21-6-8-22(26)9-7-21/h20-24,27H,6-19H2,1-5H3/t21?,22?,23?,24-/m0/s1. The third kappa shape index (κ3) is 9.85. The Bertz CT molecular complexity index is 470. The number of hydrogen-bond acceptors (Lipinski definition) is 5. The number of nitrogens with one attached hydrogen (secondary N) is 1. The van der Waals surface area contributed by atoms with E-state index < -0.39 is 0 Å². The maximum Gasteiger partial charge on any atom is 0.0701 e. The van der Waals surface area contributed by atoms with Gasteiger partial charge in [0, 0.05) is 38.2 Å². The molecule has 1 heterocycles. The molecule has 1 N–H and O–H groups in total. The number of likely N-dealkylation sites (tertiary alicyclic amines) is 1. The fourth-order valence-corrected chi connectivity index (χ4v) is 5.82. The highest BCUT2D eigenvalue weighted by molar-refractivity contribution is 6.20. The maximum absolute atomic E-state index is 6.36. The molecular weight excluding hydrogens is 412 g/mol. The summed E-state index contributed by atoms with van der Waals surface area (Å²) in [6, 6.07) is 0.501. The predicted molar refractivity (Wildman–Crippen MR) is 130 cm³/mol. The number of methoxy groups -OCH3 is 1. The lowest BCUT2D eigenvalue weighted by molar-refractivity contribution is 0.00363. The molecule has 6 heteroatoms. The van der Waals surface area contributed by atoms with Gasteiger partial charge in [-0.3, -0.25) is 0 Å². The van der Waals surface area contributed by atoms with Gasteiger partial charge in [0.15, 0.2) is 0 Å². The minimum absolute atomic E-state index is 0.384. The van der Waals surface area contributed by atoms with E-state index >= 15 is 0 Å². The number of ether oxygens (including phenoxy) is 3. The van der Waals surface area contributed by atoms with Gasteiger partial charge in [0.05, 0.1) is 33.0 Å². The second-order valence-corrected chi connectivity index (χ2v) is 11.3. The zero-order chi connectivity index (χ0) is 22.7. The zero-order valence-corrected chi connectivity index (χ0v) is 21.6. The van der Waals surface area contributed by atoms with Gasteiger partial charge in [0.2, 0.25) is 0 Å². The van der Waals surface area contributed by atoms with Crippen molar-refractivity contribution in [1.82, 2.24) is 10.2 Å². The van der Waals surface area contributed by atoms with Crippen molar-refractivity contribution in [2.45, 2.75) is 71.2 Å². The van der Waals surface area contributed by atoms with Crippen LogP contribution in [0.3, 0.4) is 0 Å². The topological polar surface area (TPSA) is 43.0 Å². The highest BCUT2D eigenvalue weighted by Gasteiger charge is 2.41. The van der Waals surface area contributed by atoms with Crippen LogP contribution in [0.4, 0.5) is 0 Å². The summed E-state index contributed by atoms with van der Waals surface area (Å²) in [4.78, 5) is 2.70. The normalized spacial score (nSPS) is 28.2. The molecule has 0 spiro atoms. The van der Waals surface area contributed by atoms with Crippen molar-refractivity contribution in [3.8, 4) is 0 Å². The Labute approximate surface area is 196 Å². The number of alkyl halides is 1. The molecule has 5 nitrogen and oxygen atoms in total. The van der Waals surface area contributed by atoms with Crippen LogP contribution in [-0.4, -0.2) is 82.6 Å². The maximum atomic E-state index is 6.36. The highest BCUT2D eigenvalue weighted by Crippen LogP contribution is 2.45. The minimum Gasteiger partial charge on any atom is -0.382 e. The minimum atomic E-state index is 0.384. The Balaban J connectivity index is 1.68. The quantitative estimate of drug-likeness (QED) is 0.307. The molecule has 1 aliphatic heterocycles. The molecule has 2 atom stereocenters. The molecule has 2 aliphatic rings. The Morgan fingerprint density at radius 2 is 1.61 bits per heavy atom. The third-order valence-electron chi connectivity index (χ3n) is 7.38. The van der Waals surface area contributed by atoms with Gasteiger partial charge in [-0.15, -0.1) is 11.6 Å². The second kappa shape index (κ2) is 14.4. The van der Waals surface area contributed by atoms with Crippen molar-refractivity contribution in [2.75, 3.05) is 66.3 Å². The summed E-state index contributed by atoms with van der Waals surface area (Å²) in [5.74, 6) is 2.33. The molecule has 31 heavy (non-hydrogen) atoms. The van der Waals surface area contributed by atoms with Crippen molar-refractivity contribution in [1.29, 1.82) is 0 Å². The van der Waals surface area contributed by atoms with Crippen molar-refractivity contribution >= 4 is 11.6 Å². The van der Waals surface area contributed by atoms with E-state index in [1.807, 2.05) is 0 Å². The Morgan fingerprint density at radius 3 is 2.23 bits per heavy atom. The first kappa shape index (κ1) is 27.3. The van der Waals surface area contributed by atoms with Crippen LogP contribution in [-0.2, 0) is 14.2 Å². The van der Waals surface area contributed by atoms with Gasteiger partial charge < -0.3 is 24.4 Å². The van der Waals surface area contributed by atoms with Gasteiger partial charge in [0.1, 0.15) is 0 Å². The van der Waals surface area contributed by atoms with Crippen LogP contribution in [0.15, 0.2) is 0 Å². The molecule has 0 aromatic rings. The number of rotatable bonds is 14. The zero-order valence-electron chi connectivity index (χ0n) is 20.8. The largest absolute Gasteiger partial charge is 0.382 e. The average molecular weight is 461 g/mol. The van der Waals surface area contributed by atoms with Crippen molar-refractivity contribution < 1.29 is 14.2 Å². The second-order valence-electron chi connectivity index (χ2n) is 10.7. The predicted octanol–water partition coefficient (Wildman–Crippen LogP) is 4.43. The molecule has 2 fully saturated rings. The van der Waals surface area contributed by atoms with Crippen LogP contribution in [0, 0.1) is 23.2 Å². The Morgan fingerprint density at radius 1 is 0.968 bits per heavy atom. The first-order chi connectivity index (χ1) is 14.8. The van der Waals surface area contributed by atoms with Gasteiger partial charge in [-0.2, -0.15) is 0 Å². The fourth-order valence-electron chi connectivity index (χ4n) is 5.57. The molecule has 0 aromatic carbocycles. The van der Waals surface area contributed by atoms with Gasteiger partial charge in [-0.25, -0.2) is 0 Å². The first-order valence-electron chi connectivity index (χ1n) is 12.6. The lowest BCUT2D eigenvalue weighted by Crippen LogP contribution is -2.53. The number of nitrogens with zero attached hydrogens (tertiary/aromatic N) is 1. The summed E-state index contributed by atoms with van der Waals surface area (Å²) in [5, 5.41) is 4.16. The van der Waals surface area contributed by atoms with Crippen LogP contribution < -0.4 is 5.32 Å². The number of hydrogen-bond donors (Lipinski definition) is 1. The van der Waals surface area contributed by atoms with Crippen LogP contribution in [0.5, 0.6) is 0 Å². The lowest BCUT2D eigenvalue weighted by Gasteiger charge is -2.49. The van der Waals surface area contributed by atoms with Crippen molar-refractivity contribution in [3.05, 3.63) is 0 Å². The van der Waals surface area contributed by atoms with Crippen molar-refractivity contribution in [3.63, 3.8) is 0 Å². The first-order valence-corrected chi connectivity index (χ1v) is 13.0. The van der Waals surface area contributed by atoms with Gasteiger partial charge in [0.25, 0.3) is 0 Å². The van der Waals surface area contributed by atoms with E-state index in [0.717, 1.165) is 31.5 Å². The number of halogens is 1. The molecular formula is C25H49ClN2O3. The van der Waals surface area contributed by atoms with Crippen LogP contribution in [0.1, 0.15) is 59.8 Å². The molecule has 2 rings (SSSR count). The van der Waals surface area contributed by atoms with Crippen LogP contribution >= 0.6 is 11.6 Å². The molecule has 1 saturated carbocycles. The summed E-state index contributed by atoms with van der Waals surface area (Å²) in [6.45, 7) is 17.4. The van der Waals surface area contributed by atoms with E-state index in [1.165, 1.54) is 45.2 Å². The van der Waals surface area contributed by atoms with E-state index in [9.17, 15) is 0 Å². The van der Waals surface area contributed by atoms with Crippen LogP contribution in [0.25, 0.3) is 0 Å². The van der Waals surface area contributed by atoms with Crippen LogP contribution in [0.2, 0.25) is 0 Å². The fraction of sp³-hybridized carbons (Fsp3) is 1.00. The summed E-state index contributed by atoms with van der Waals surface area (Å²) >= 11 is 6.36. The van der Waals surface area contributed by atoms with Gasteiger partial charge in [-0.05, 0) is 61.8 Å². The summed E-state index contributed by atoms with van der Waals surface area (Å²) in [6.07, 6.45) is 6.42. The molecule has 1 saturated heterocycles. The Hall–Kier alpha value is 0.0900. The van der Waals surface area contributed by atoms with E-state index in [-0.39, 0.29) is 0 Å². The molecule has 0 amide bonds. The lowest BCUT2D eigenvalue weighted by atomic mass is 9.64. The molecule has 0 radical (unpaired) electrons. The Kier molecular flexibility index (Phi) is 12.7. The molecule has 0 bridgehead atoms. The highest BCUT2D eigenvalue weighted by atomic mass is 35.5. The summed E-state index contributed by atoms with van der Waals surface area (Å²) < 4.78 is 16.1. The van der Waals surface area contributed by atoms with E-state index in [1.54, 1.807) is 7.11 Å². The average Bonchev–Trinajstić information content (AvgIpc) is 2.72. The third-order valence-corrected chi connectivity index (χ3v) is 7.81. The molecule has 1 aliphatic carbocycles. The van der Waals surface area contributed by atoms with E-state index in [2.05, 4.69) is 37.9 Å². The smallest absolute Gasteiger partial charge is 0.0701 e. The summed E-state index contributed by atoms with van der Waals surface area (Å²) in [7, 11) is 1.69. The summed E-state index contributed by atoms with van der Waals surface area (Å²) in [5.41, 5.74) is 0.384. The monoisotopic (exact) mass is 460 g/mol. The van der Waals surface area contributed by atoms with E-state index in [0.29, 0.717) is 49.2 Å².